The molecule has 2 aliphatic rings. The lowest BCUT2D eigenvalue weighted by atomic mass is 9.96. The van der Waals surface area contributed by atoms with E-state index in [4.69, 9.17) is 11.1 Å². The molecule has 78 valence electrons. The summed E-state index contributed by atoms with van der Waals surface area (Å²) in [4.78, 5) is 12.7. The van der Waals surface area contributed by atoms with Crippen LogP contribution in [0.5, 0.6) is 0 Å². The number of primary amides is 1. The maximum atomic E-state index is 11.2. The minimum absolute atomic E-state index is 0.225. The monoisotopic (exact) mass is 195 g/mol. The highest BCUT2D eigenvalue weighted by Crippen LogP contribution is 2.35. The van der Waals surface area contributed by atoms with Gasteiger partial charge in [0.15, 0.2) is 0 Å². The molecule has 0 aromatic carbocycles. The van der Waals surface area contributed by atoms with Gasteiger partial charge in [0, 0.05) is 12.5 Å². The van der Waals surface area contributed by atoms with Crippen molar-refractivity contribution in [2.75, 3.05) is 0 Å². The predicted molar refractivity (Wildman–Crippen MR) is 54.1 cm³/mol. The molecule has 1 heterocycles. The van der Waals surface area contributed by atoms with Crippen molar-refractivity contribution in [1.29, 1.82) is 5.41 Å². The summed E-state index contributed by atoms with van der Waals surface area (Å²) >= 11 is 0. The molecule has 4 nitrogen and oxygen atoms in total. The molecule has 2 fully saturated rings. The number of nitrogens with two attached hydrogens (primary N) is 1. The van der Waals surface area contributed by atoms with E-state index in [1.54, 1.807) is 0 Å². The quantitative estimate of drug-likeness (QED) is 0.656. The second kappa shape index (κ2) is 3.59. The molecule has 3 N–H and O–H groups in total. The van der Waals surface area contributed by atoms with Crippen LogP contribution >= 0.6 is 0 Å². The number of carbonyl (C=O) groups excluding carboxylic acids is 1. The van der Waals surface area contributed by atoms with Gasteiger partial charge in [-0.3, -0.25) is 10.3 Å². The molecule has 2 rings (SSSR count). The maximum Gasteiger partial charge on any atom is 0.320 e. The normalized spacial score (nSPS) is 28.7. The molecule has 1 unspecified atom stereocenters. The summed E-state index contributed by atoms with van der Waals surface area (Å²) in [7, 11) is 0. The molecule has 1 aliphatic carbocycles. The van der Waals surface area contributed by atoms with Crippen LogP contribution in [0.25, 0.3) is 0 Å². The molecule has 0 aromatic heterocycles. The van der Waals surface area contributed by atoms with Gasteiger partial charge >= 0.3 is 6.03 Å². The third kappa shape index (κ3) is 1.49. The van der Waals surface area contributed by atoms with Gasteiger partial charge in [-0.2, -0.15) is 0 Å². The van der Waals surface area contributed by atoms with E-state index in [1.165, 1.54) is 30.6 Å². The average molecular weight is 195 g/mol. The smallest absolute Gasteiger partial charge is 0.320 e. The average Bonchev–Trinajstić information content (AvgIpc) is 2.70. The highest BCUT2D eigenvalue weighted by Gasteiger charge is 2.38. The standard InChI is InChI=1S/C10H17N3O/c11-9-6-5-8(13(9)10(12)14)7-3-1-2-4-7/h7-8,11H,1-6H2,(H2,12,14). The summed E-state index contributed by atoms with van der Waals surface area (Å²) in [6, 6.07) is -0.216. The second-order valence-electron chi connectivity index (χ2n) is 4.31. The van der Waals surface area contributed by atoms with Crippen LogP contribution in [0.4, 0.5) is 4.79 Å². The highest BCUT2D eigenvalue weighted by atomic mass is 16.2. The molecule has 0 aromatic rings. The Hall–Kier alpha value is -1.06. The van der Waals surface area contributed by atoms with Crippen molar-refractivity contribution in [3.8, 4) is 0 Å². The van der Waals surface area contributed by atoms with Crippen molar-refractivity contribution in [2.24, 2.45) is 11.7 Å². The molecule has 14 heavy (non-hydrogen) atoms. The summed E-state index contributed by atoms with van der Waals surface area (Å²) in [5.74, 6) is 1.000. The predicted octanol–water partition coefficient (Wildman–Crippen LogP) is 1.70. The van der Waals surface area contributed by atoms with Crippen LogP contribution in [-0.4, -0.2) is 22.8 Å². The largest absolute Gasteiger partial charge is 0.351 e. The van der Waals surface area contributed by atoms with Gasteiger partial charge in [-0.25, -0.2) is 4.79 Å². The molecular weight excluding hydrogens is 178 g/mol. The molecule has 0 bridgehead atoms. The zero-order chi connectivity index (χ0) is 10.1. The molecule has 0 spiro atoms. The number of rotatable bonds is 1. The zero-order valence-corrected chi connectivity index (χ0v) is 8.33. The topological polar surface area (TPSA) is 70.2 Å². The lowest BCUT2D eigenvalue weighted by Gasteiger charge is -2.27. The number of likely N-dealkylation sites (tertiary alicyclic amines) is 1. The summed E-state index contributed by atoms with van der Waals surface area (Å²) in [5.41, 5.74) is 5.29. The first-order valence-electron chi connectivity index (χ1n) is 5.36. The van der Waals surface area contributed by atoms with Crippen LogP contribution in [0, 0.1) is 11.3 Å². The first-order chi connectivity index (χ1) is 6.70. The second-order valence-corrected chi connectivity index (χ2v) is 4.31. The third-order valence-corrected chi connectivity index (χ3v) is 3.48. The molecule has 0 radical (unpaired) electrons. The van der Waals surface area contributed by atoms with Crippen LogP contribution in [0.3, 0.4) is 0 Å². The first-order valence-corrected chi connectivity index (χ1v) is 5.36. The van der Waals surface area contributed by atoms with Gasteiger partial charge in [-0.05, 0) is 25.2 Å². The van der Waals surface area contributed by atoms with Gasteiger partial charge in [0.1, 0.15) is 5.84 Å². The number of amidine groups is 1. The van der Waals surface area contributed by atoms with E-state index >= 15 is 0 Å². The Balaban J connectivity index is 2.10. The van der Waals surface area contributed by atoms with E-state index in [9.17, 15) is 4.79 Å². The van der Waals surface area contributed by atoms with E-state index in [1.807, 2.05) is 0 Å². The Morgan fingerprint density at radius 2 is 2.00 bits per heavy atom. The van der Waals surface area contributed by atoms with Gasteiger partial charge < -0.3 is 5.73 Å². The molecule has 4 heteroatoms. The molecule has 1 saturated carbocycles. The SMILES string of the molecule is N=C1CCC(C2CCCC2)N1C(N)=O. The van der Waals surface area contributed by atoms with E-state index < -0.39 is 6.03 Å². The van der Waals surface area contributed by atoms with Gasteiger partial charge in [-0.15, -0.1) is 0 Å². The number of amides is 2. The number of hydrogen-bond donors (Lipinski definition) is 2. The maximum absolute atomic E-state index is 11.2. The number of nitrogens with one attached hydrogen (secondary N) is 1. The molecule has 2 amide bonds. The molecular formula is C10H17N3O. The van der Waals surface area contributed by atoms with Crippen LogP contribution < -0.4 is 5.73 Å². The van der Waals surface area contributed by atoms with E-state index in [0.29, 0.717) is 18.2 Å². The van der Waals surface area contributed by atoms with Crippen molar-refractivity contribution in [3.05, 3.63) is 0 Å². The number of nitrogens with zero attached hydrogens (tertiary/aromatic N) is 1. The van der Waals surface area contributed by atoms with Gasteiger partial charge in [-0.1, -0.05) is 12.8 Å². The van der Waals surface area contributed by atoms with Gasteiger partial charge in [0.2, 0.25) is 0 Å². The zero-order valence-electron chi connectivity index (χ0n) is 8.33. The summed E-state index contributed by atoms with van der Waals surface area (Å²) < 4.78 is 0. The fourth-order valence-electron chi connectivity index (χ4n) is 2.82. The Morgan fingerprint density at radius 3 is 2.57 bits per heavy atom. The lowest BCUT2D eigenvalue weighted by Crippen LogP contribution is -2.44. The van der Waals surface area contributed by atoms with Crippen molar-refractivity contribution < 1.29 is 4.79 Å². The fraction of sp³-hybridized carbons (Fsp3) is 0.800. The Labute approximate surface area is 84.0 Å². The number of urea groups is 1. The molecule has 1 aliphatic heterocycles. The number of carbonyl (C=O) groups is 1. The first kappa shape index (κ1) is 9.49. The molecule has 1 atom stereocenters. The van der Waals surface area contributed by atoms with Crippen LogP contribution in [0.1, 0.15) is 38.5 Å². The number of hydrogen-bond acceptors (Lipinski definition) is 2. The lowest BCUT2D eigenvalue weighted by molar-refractivity contribution is 0.205. The van der Waals surface area contributed by atoms with E-state index in [0.717, 1.165) is 6.42 Å². The third-order valence-electron chi connectivity index (χ3n) is 3.48. The molecule has 1 saturated heterocycles. The summed E-state index contributed by atoms with van der Waals surface area (Å²) in [5, 5.41) is 7.66. The summed E-state index contributed by atoms with van der Waals surface area (Å²) in [6.07, 6.45) is 6.57. The minimum Gasteiger partial charge on any atom is -0.351 e. The minimum atomic E-state index is -0.440. The van der Waals surface area contributed by atoms with Crippen LogP contribution in [-0.2, 0) is 0 Å². The Bertz CT molecular complexity index is 258. The Morgan fingerprint density at radius 1 is 1.36 bits per heavy atom. The van der Waals surface area contributed by atoms with Crippen LogP contribution in [0.2, 0.25) is 0 Å². The highest BCUT2D eigenvalue weighted by molar-refractivity contribution is 5.97. The van der Waals surface area contributed by atoms with Gasteiger partial charge in [0.25, 0.3) is 0 Å². The summed E-state index contributed by atoms with van der Waals surface area (Å²) in [6.45, 7) is 0. The van der Waals surface area contributed by atoms with Crippen molar-refractivity contribution in [2.45, 2.75) is 44.6 Å². The van der Waals surface area contributed by atoms with Gasteiger partial charge in [0.05, 0.1) is 0 Å². The van der Waals surface area contributed by atoms with Crippen molar-refractivity contribution >= 4 is 11.9 Å². The fourth-order valence-corrected chi connectivity index (χ4v) is 2.82. The van der Waals surface area contributed by atoms with E-state index in [-0.39, 0.29) is 6.04 Å². The van der Waals surface area contributed by atoms with Crippen LogP contribution in [0.15, 0.2) is 0 Å². The van der Waals surface area contributed by atoms with Crippen molar-refractivity contribution in [1.82, 2.24) is 4.90 Å². The Kier molecular flexibility index (Phi) is 2.44. The van der Waals surface area contributed by atoms with E-state index in [2.05, 4.69) is 0 Å². The van der Waals surface area contributed by atoms with Crippen molar-refractivity contribution in [3.63, 3.8) is 0 Å².